The second-order valence-corrected chi connectivity index (χ2v) is 8.98. The summed E-state index contributed by atoms with van der Waals surface area (Å²) in [6.45, 7) is 4.52. The molecule has 2 saturated carbocycles. The van der Waals surface area contributed by atoms with Crippen LogP contribution in [0.5, 0.6) is 0 Å². The fourth-order valence-electron chi connectivity index (χ4n) is 6.15. The van der Waals surface area contributed by atoms with Gasteiger partial charge in [0.15, 0.2) is 0 Å². The molecular weight excluding hydrogens is 316 g/mol. The number of ether oxygens (including phenoxy) is 1. The zero-order valence-electron chi connectivity index (χ0n) is 15.6. The topological polar surface area (TPSA) is 67.4 Å². The van der Waals surface area contributed by atoms with Crippen LogP contribution in [0.4, 0.5) is 0 Å². The number of carbonyl (C=O) groups is 2. The van der Waals surface area contributed by atoms with Gasteiger partial charge in [0.1, 0.15) is 0 Å². The Morgan fingerprint density at radius 2 is 1.92 bits per heavy atom. The number of hydrogen-bond donors (Lipinski definition) is 2. The van der Waals surface area contributed by atoms with Crippen molar-refractivity contribution in [1.82, 2.24) is 10.6 Å². The Kier molecular flexibility index (Phi) is 3.98. The predicted molar refractivity (Wildman–Crippen MR) is 94.8 cm³/mol. The number of piperidine rings is 1. The van der Waals surface area contributed by atoms with Gasteiger partial charge in [0.2, 0.25) is 11.8 Å². The van der Waals surface area contributed by atoms with E-state index in [1.54, 1.807) is 7.11 Å². The van der Waals surface area contributed by atoms with Crippen molar-refractivity contribution < 1.29 is 14.3 Å². The van der Waals surface area contributed by atoms with Gasteiger partial charge in [-0.25, -0.2) is 0 Å². The maximum Gasteiger partial charge on any atom is 0.244 e. The Hall–Kier alpha value is -1.36. The lowest BCUT2D eigenvalue weighted by molar-refractivity contribution is -0.130. The number of carbonyl (C=O) groups excluding carboxylic acids is 2. The molecule has 6 atom stereocenters. The molecule has 2 heterocycles. The molecule has 0 radical (unpaired) electrons. The highest BCUT2D eigenvalue weighted by molar-refractivity contribution is 5.89. The zero-order valence-corrected chi connectivity index (χ0v) is 15.6. The number of hydrogen-bond acceptors (Lipinski definition) is 3. The van der Waals surface area contributed by atoms with Crippen molar-refractivity contribution in [3.63, 3.8) is 0 Å². The summed E-state index contributed by atoms with van der Waals surface area (Å²) >= 11 is 0. The van der Waals surface area contributed by atoms with Crippen molar-refractivity contribution in [3.8, 4) is 0 Å². The highest BCUT2D eigenvalue weighted by Crippen LogP contribution is 2.55. The Labute approximate surface area is 149 Å². The van der Waals surface area contributed by atoms with E-state index in [1.807, 2.05) is 6.08 Å². The molecule has 2 unspecified atom stereocenters. The maximum absolute atomic E-state index is 12.7. The Morgan fingerprint density at radius 1 is 1.12 bits per heavy atom. The SMILES string of the molecule is COC1CC[C@@]2(C)C(=CC(=O)NC3[C@@H]2CC[C@]2(C)NC(=O)CC[C@@H]32)C1. The van der Waals surface area contributed by atoms with Crippen LogP contribution in [0.2, 0.25) is 0 Å². The number of nitrogens with one attached hydrogen (secondary N) is 2. The van der Waals surface area contributed by atoms with Gasteiger partial charge in [0, 0.05) is 37.1 Å². The van der Waals surface area contributed by atoms with Crippen molar-refractivity contribution in [1.29, 1.82) is 0 Å². The first-order valence-corrected chi connectivity index (χ1v) is 9.71. The second kappa shape index (κ2) is 5.83. The van der Waals surface area contributed by atoms with Gasteiger partial charge in [-0.05, 0) is 56.8 Å². The van der Waals surface area contributed by atoms with E-state index in [0.29, 0.717) is 18.3 Å². The van der Waals surface area contributed by atoms with Gasteiger partial charge >= 0.3 is 0 Å². The van der Waals surface area contributed by atoms with Gasteiger partial charge < -0.3 is 15.4 Å². The molecule has 1 saturated heterocycles. The Balaban J connectivity index is 1.69. The molecule has 0 aromatic heterocycles. The van der Waals surface area contributed by atoms with E-state index in [1.165, 1.54) is 5.57 Å². The first kappa shape index (κ1) is 17.1. The summed E-state index contributed by atoms with van der Waals surface area (Å²) in [5, 5.41) is 6.56. The van der Waals surface area contributed by atoms with E-state index in [2.05, 4.69) is 24.5 Å². The molecular formula is C20H30N2O3. The lowest BCUT2D eigenvalue weighted by atomic mass is 9.53. The van der Waals surface area contributed by atoms with Gasteiger partial charge in [0.25, 0.3) is 0 Å². The van der Waals surface area contributed by atoms with Crippen LogP contribution >= 0.6 is 0 Å². The molecule has 5 nitrogen and oxygen atoms in total. The van der Waals surface area contributed by atoms with Gasteiger partial charge in [-0.1, -0.05) is 12.5 Å². The summed E-state index contributed by atoms with van der Waals surface area (Å²) in [5.74, 6) is 0.947. The van der Waals surface area contributed by atoms with E-state index in [0.717, 1.165) is 38.5 Å². The molecule has 2 aliphatic carbocycles. The minimum absolute atomic E-state index is 0.0339. The Morgan fingerprint density at radius 3 is 2.68 bits per heavy atom. The van der Waals surface area contributed by atoms with Crippen molar-refractivity contribution in [2.75, 3.05) is 7.11 Å². The average molecular weight is 346 g/mol. The minimum atomic E-state index is -0.186. The largest absolute Gasteiger partial charge is 0.381 e. The van der Waals surface area contributed by atoms with Gasteiger partial charge in [0.05, 0.1) is 6.10 Å². The van der Waals surface area contributed by atoms with Crippen molar-refractivity contribution in [2.24, 2.45) is 17.3 Å². The molecule has 2 N–H and O–H groups in total. The van der Waals surface area contributed by atoms with Gasteiger partial charge in [-0.3, -0.25) is 9.59 Å². The quantitative estimate of drug-likeness (QED) is 0.766. The standard InChI is InChI=1S/C20H30N2O3/c1-19-8-6-13(25-3)10-12(19)11-17(24)21-18-14(19)7-9-20(2)15(18)4-5-16(23)22-20/h11,13-15,18H,4-10H2,1-3H3,(H,21,24)(H,22,23)/t13?,14-,15-,18?,19-,20-/m0/s1. The van der Waals surface area contributed by atoms with E-state index in [9.17, 15) is 9.59 Å². The second-order valence-electron chi connectivity index (χ2n) is 8.98. The third-order valence-electron chi connectivity index (χ3n) is 7.70. The fourth-order valence-corrected chi connectivity index (χ4v) is 6.15. The van der Waals surface area contributed by atoms with Crippen LogP contribution in [-0.4, -0.2) is 36.6 Å². The molecule has 25 heavy (non-hydrogen) atoms. The first-order valence-electron chi connectivity index (χ1n) is 9.71. The molecule has 0 bridgehead atoms. The maximum atomic E-state index is 12.7. The molecule has 5 heteroatoms. The third kappa shape index (κ3) is 2.62. The van der Waals surface area contributed by atoms with Crippen LogP contribution < -0.4 is 10.6 Å². The van der Waals surface area contributed by atoms with Crippen LogP contribution in [0, 0.1) is 17.3 Å². The molecule has 2 aliphatic heterocycles. The van der Waals surface area contributed by atoms with Crippen LogP contribution in [0.1, 0.15) is 58.8 Å². The number of fused-ring (bicyclic) bond motifs is 5. The normalized spacial score (nSPS) is 46.6. The highest BCUT2D eigenvalue weighted by atomic mass is 16.5. The molecule has 3 fully saturated rings. The molecule has 0 spiro atoms. The van der Waals surface area contributed by atoms with Crippen LogP contribution in [-0.2, 0) is 14.3 Å². The zero-order chi connectivity index (χ0) is 17.8. The lowest BCUT2D eigenvalue weighted by Gasteiger charge is -2.56. The number of methoxy groups -OCH3 is 1. The summed E-state index contributed by atoms with van der Waals surface area (Å²) in [5.41, 5.74) is 1.13. The molecule has 138 valence electrons. The minimum Gasteiger partial charge on any atom is -0.381 e. The van der Waals surface area contributed by atoms with E-state index >= 15 is 0 Å². The van der Waals surface area contributed by atoms with E-state index in [4.69, 9.17) is 4.74 Å². The summed E-state index contributed by atoms with van der Waals surface area (Å²) in [7, 11) is 1.77. The first-order chi connectivity index (χ1) is 11.9. The summed E-state index contributed by atoms with van der Waals surface area (Å²) in [6.07, 6.45) is 8.55. The smallest absolute Gasteiger partial charge is 0.244 e. The van der Waals surface area contributed by atoms with Crippen molar-refractivity contribution in [2.45, 2.75) is 76.5 Å². The highest BCUT2D eigenvalue weighted by Gasteiger charge is 2.56. The number of amides is 2. The molecule has 4 aliphatic rings. The molecule has 0 aromatic rings. The van der Waals surface area contributed by atoms with Crippen LogP contribution in [0.3, 0.4) is 0 Å². The average Bonchev–Trinajstić information content (AvgIpc) is 2.66. The molecule has 0 aromatic carbocycles. The molecule has 4 rings (SSSR count). The van der Waals surface area contributed by atoms with Gasteiger partial charge in [-0.2, -0.15) is 0 Å². The lowest BCUT2D eigenvalue weighted by Crippen LogP contribution is -2.66. The Bertz CT molecular complexity index is 630. The van der Waals surface area contributed by atoms with Crippen molar-refractivity contribution in [3.05, 3.63) is 11.6 Å². The van der Waals surface area contributed by atoms with Crippen molar-refractivity contribution >= 4 is 11.8 Å². The van der Waals surface area contributed by atoms with E-state index in [-0.39, 0.29) is 34.9 Å². The molecule has 2 amide bonds. The number of rotatable bonds is 1. The monoisotopic (exact) mass is 346 g/mol. The summed E-state index contributed by atoms with van der Waals surface area (Å²) < 4.78 is 5.59. The fraction of sp³-hybridized carbons (Fsp3) is 0.800. The van der Waals surface area contributed by atoms with Crippen LogP contribution in [0.25, 0.3) is 0 Å². The summed E-state index contributed by atoms with van der Waals surface area (Å²) in [6, 6.07) is 0.143. The van der Waals surface area contributed by atoms with E-state index < -0.39 is 0 Å². The van der Waals surface area contributed by atoms with Gasteiger partial charge in [-0.15, -0.1) is 0 Å². The predicted octanol–water partition coefficient (Wildman–Crippen LogP) is 2.31. The third-order valence-corrected chi connectivity index (χ3v) is 7.70. The summed E-state index contributed by atoms with van der Waals surface area (Å²) in [4.78, 5) is 24.6. The van der Waals surface area contributed by atoms with Crippen LogP contribution in [0.15, 0.2) is 11.6 Å².